The summed E-state index contributed by atoms with van der Waals surface area (Å²) in [4.78, 5) is 0. The molecule has 0 aliphatic rings. The van der Waals surface area contributed by atoms with Gasteiger partial charge in [0, 0.05) is 12.6 Å². The second-order valence-electron chi connectivity index (χ2n) is 2.90. The Bertz CT molecular complexity index is 196. The highest BCUT2D eigenvalue weighted by atomic mass is 16.3. The Morgan fingerprint density at radius 3 is 3.00 bits per heavy atom. The first-order chi connectivity index (χ1) is 5.83. The molecule has 2 N–H and O–H groups in total. The van der Waals surface area contributed by atoms with Gasteiger partial charge in [-0.2, -0.15) is 0 Å². The van der Waals surface area contributed by atoms with Crippen molar-refractivity contribution in [3.05, 3.63) is 24.2 Å². The molecule has 0 fully saturated rings. The summed E-state index contributed by atoms with van der Waals surface area (Å²) in [6, 6.07) is 4.37. The van der Waals surface area contributed by atoms with Gasteiger partial charge in [-0.15, -0.1) is 0 Å². The van der Waals surface area contributed by atoms with Crippen LogP contribution >= 0.6 is 0 Å². The van der Waals surface area contributed by atoms with Crippen LogP contribution in [0, 0.1) is 0 Å². The molecule has 68 valence electrons. The molecule has 12 heavy (non-hydrogen) atoms. The van der Waals surface area contributed by atoms with Gasteiger partial charge in [-0.1, -0.05) is 0 Å². The van der Waals surface area contributed by atoms with Crippen LogP contribution in [0.5, 0.6) is 0 Å². The summed E-state index contributed by atoms with van der Waals surface area (Å²) >= 11 is 0. The summed E-state index contributed by atoms with van der Waals surface area (Å²) in [5.41, 5.74) is 0. The SMILES string of the molecule is CNC(C)CNCc1ccco1. The number of furan rings is 1. The van der Waals surface area contributed by atoms with Crippen LogP contribution < -0.4 is 10.6 Å². The van der Waals surface area contributed by atoms with E-state index in [4.69, 9.17) is 4.42 Å². The molecule has 1 unspecified atom stereocenters. The normalized spacial score (nSPS) is 13.2. The number of likely N-dealkylation sites (N-methyl/N-ethyl adjacent to an activating group) is 1. The van der Waals surface area contributed by atoms with Gasteiger partial charge in [0.05, 0.1) is 12.8 Å². The van der Waals surface area contributed by atoms with Crippen LogP contribution in [0.25, 0.3) is 0 Å². The van der Waals surface area contributed by atoms with Crippen molar-refractivity contribution in [1.29, 1.82) is 0 Å². The first kappa shape index (κ1) is 9.29. The third kappa shape index (κ3) is 3.07. The van der Waals surface area contributed by atoms with Gasteiger partial charge in [0.25, 0.3) is 0 Å². The molecular weight excluding hydrogens is 152 g/mol. The van der Waals surface area contributed by atoms with E-state index < -0.39 is 0 Å². The zero-order valence-corrected chi connectivity index (χ0v) is 7.63. The molecule has 0 spiro atoms. The summed E-state index contributed by atoms with van der Waals surface area (Å²) in [6.45, 7) is 3.89. The van der Waals surface area contributed by atoms with Crippen molar-refractivity contribution in [2.24, 2.45) is 0 Å². The Balaban J connectivity index is 2.11. The first-order valence-corrected chi connectivity index (χ1v) is 4.23. The summed E-state index contributed by atoms with van der Waals surface area (Å²) < 4.78 is 5.17. The smallest absolute Gasteiger partial charge is 0.117 e. The van der Waals surface area contributed by atoms with Crippen molar-refractivity contribution in [3.8, 4) is 0 Å². The van der Waals surface area contributed by atoms with Gasteiger partial charge in [0.1, 0.15) is 5.76 Å². The molecule has 3 nitrogen and oxygen atoms in total. The lowest BCUT2D eigenvalue weighted by Crippen LogP contribution is -2.33. The van der Waals surface area contributed by atoms with Crippen molar-refractivity contribution < 1.29 is 4.42 Å². The molecule has 0 bridgehead atoms. The Labute approximate surface area is 73.2 Å². The topological polar surface area (TPSA) is 37.2 Å². The van der Waals surface area contributed by atoms with Crippen LogP contribution in [-0.4, -0.2) is 19.6 Å². The second-order valence-corrected chi connectivity index (χ2v) is 2.90. The Morgan fingerprint density at radius 2 is 2.42 bits per heavy atom. The molecule has 0 aliphatic carbocycles. The molecule has 1 heterocycles. The highest BCUT2D eigenvalue weighted by molar-refractivity contribution is 4.97. The van der Waals surface area contributed by atoms with Gasteiger partial charge in [-0.25, -0.2) is 0 Å². The van der Waals surface area contributed by atoms with Gasteiger partial charge in [-0.3, -0.25) is 0 Å². The molecular formula is C9H16N2O. The van der Waals surface area contributed by atoms with Gasteiger partial charge >= 0.3 is 0 Å². The quantitative estimate of drug-likeness (QED) is 0.688. The van der Waals surface area contributed by atoms with Crippen LogP contribution in [0.15, 0.2) is 22.8 Å². The Morgan fingerprint density at radius 1 is 1.58 bits per heavy atom. The fourth-order valence-corrected chi connectivity index (χ4v) is 0.927. The molecule has 0 saturated carbocycles. The van der Waals surface area contributed by atoms with Gasteiger partial charge in [0.2, 0.25) is 0 Å². The lowest BCUT2D eigenvalue weighted by molar-refractivity contribution is 0.465. The van der Waals surface area contributed by atoms with E-state index in [-0.39, 0.29) is 0 Å². The average molecular weight is 168 g/mol. The van der Waals surface area contributed by atoms with E-state index >= 15 is 0 Å². The number of nitrogens with one attached hydrogen (secondary N) is 2. The van der Waals surface area contributed by atoms with Crippen LogP contribution in [0.2, 0.25) is 0 Å². The zero-order chi connectivity index (χ0) is 8.81. The monoisotopic (exact) mass is 168 g/mol. The third-order valence-corrected chi connectivity index (χ3v) is 1.82. The zero-order valence-electron chi connectivity index (χ0n) is 7.63. The lowest BCUT2D eigenvalue weighted by Gasteiger charge is -2.09. The maximum Gasteiger partial charge on any atom is 0.117 e. The molecule has 0 amide bonds. The highest BCUT2D eigenvalue weighted by Crippen LogP contribution is 1.97. The van der Waals surface area contributed by atoms with Crippen LogP contribution in [0.1, 0.15) is 12.7 Å². The molecule has 0 saturated heterocycles. The summed E-state index contributed by atoms with van der Waals surface area (Å²) in [7, 11) is 1.96. The lowest BCUT2D eigenvalue weighted by atomic mass is 10.3. The summed E-state index contributed by atoms with van der Waals surface area (Å²) in [5, 5.41) is 6.43. The number of rotatable bonds is 5. The summed E-state index contributed by atoms with van der Waals surface area (Å²) in [5.74, 6) is 0.985. The van der Waals surface area contributed by atoms with Crippen molar-refractivity contribution in [1.82, 2.24) is 10.6 Å². The van der Waals surface area contributed by atoms with E-state index in [0.29, 0.717) is 6.04 Å². The fourth-order valence-electron chi connectivity index (χ4n) is 0.927. The van der Waals surface area contributed by atoms with E-state index in [9.17, 15) is 0 Å². The van der Waals surface area contributed by atoms with Crippen LogP contribution in [-0.2, 0) is 6.54 Å². The van der Waals surface area contributed by atoms with Crippen molar-refractivity contribution >= 4 is 0 Å². The molecule has 0 aliphatic heterocycles. The molecule has 1 rings (SSSR count). The van der Waals surface area contributed by atoms with E-state index in [1.165, 1.54) is 0 Å². The minimum absolute atomic E-state index is 0.500. The third-order valence-electron chi connectivity index (χ3n) is 1.82. The average Bonchev–Trinajstić information content (AvgIpc) is 2.57. The van der Waals surface area contributed by atoms with Gasteiger partial charge < -0.3 is 15.1 Å². The second kappa shape index (κ2) is 4.95. The number of hydrogen-bond donors (Lipinski definition) is 2. The van der Waals surface area contributed by atoms with E-state index in [1.54, 1.807) is 6.26 Å². The molecule has 0 radical (unpaired) electrons. The van der Waals surface area contributed by atoms with Gasteiger partial charge in [-0.05, 0) is 26.1 Å². The Hall–Kier alpha value is -0.800. The predicted molar refractivity (Wildman–Crippen MR) is 48.9 cm³/mol. The first-order valence-electron chi connectivity index (χ1n) is 4.23. The maximum absolute atomic E-state index is 5.17. The molecule has 1 aromatic rings. The van der Waals surface area contributed by atoms with Gasteiger partial charge in [0.15, 0.2) is 0 Å². The minimum atomic E-state index is 0.500. The molecule has 1 aromatic heterocycles. The standard InChI is InChI=1S/C9H16N2O/c1-8(10-2)6-11-7-9-4-3-5-12-9/h3-5,8,10-11H,6-7H2,1-2H3. The summed E-state index contributed by atoms with van der Waals surface area (Å²) in [6.07, 6.45) is 1.69. The van der Waals surface area contributed by atoms with E-state index in [2.05, 4.69) is 17.6 Å². The van der Waals surface area contributed by atoms with Crippen molar-refractivity contribution in [3.63, 3.8) is 0 Å². The molecule has 1 atom stereocenters. The highest BCUT2D eigenvalue weighted by Gasteiger charge is 1.97. The van der Waals surface area contributed by atoms with Crippen LogP contribution in [0.3, 0.4) is 0 Å². The molecule has 0 aromatic carbocycles. The van der Waals surface area contributed by atoms with Crippen molar-refractivity contribution in [2.75, 3.05) is 13.6 Å². The maximum atomic E-state index is 5.17. The van der Waals surface area contributed by atoms with Crippen LogP contribution in [0.4, 0.5) is 0 Å². The molecule has 3 heteroatoms. The largest absolute Gasteiger partial charge is 0.468 e. The number of hydrogen-bond acceptors (Lipinski definition) is 3. The van der Waals surface area contributed by atoms with E-state index in [0.717, 1.165) is 18.8 Å². The Kier molecular flexibility index (Phi) is 3.84. The predicted octanol–water partition coefficient (Wildman–Crippen LogP) is 0.977. The van der Waals surface area contributed by atoms with E-state index in [1.807, 2.05) is 19.2 Å². The van der Waals surface area contributed by atoms with Crippen molar-refractivity contribution in [2.45, 2.75) is 19.5 Å². The minimum Gasteiger partial charge on any atom is -0.468 e. The fraction of sp³-hybridized carbons (Fsp3) is 0.556.